The molecule has 0 saturated carbocycles. The first-order chi connectivity index (χ1) is 12.4. The van der Waals surface area contributed by atoms with Gasteiger partial charge in [0.2, 0.25) is 5.78 Å². The minimum atomic E-state index is -0.678. The topological polar surface area (TPSA) is 103 Å². The van der Waals surface area contributed by atoms with Crippen molar-refractivity contribution in [2.45, 2.75) is 20.8 Å². The lowest BCUT2D eigenvalue weighted by Gasteiger charge is -2.05. The van der Waals surface area contributed by atoms with Crippen LogP contribution in [0, 0.1) is 13.8 Å². The molecule has 0 radical (unpaired) electrons. The van der Waals surface area contributed by atoms with E-state index in [1.165, 1.54) is 24.3 Å². The van der Waals surface area contributed by atoms with Crippen molar-refractivity contribution >= 4 is 24.0 Å². The van der Waals surface area contributed by atoms with E-state index in [4.69, 9.17) is 9.47 Å². The van der Waals surface area contributed by atoms with E-state index in [9.17, 15) is 19.2 Å². The lowest BCUT2D eigenvalue weighted by molar-refractivity contribution is 0.0472. The van der Waals surface area contributed by atoms with E-state index in [2.05, 4.69) is 4.98 Å². The Bertz CT molecular complexity index is 848. The predicted octanol–water partition coefficient (Wildman–Crippen LogP) is 2.66. The van der Waals surface area contributed by atoms with Crippen LogP contribution in [-0.4, -0.2) is 42.2 Å². The van der Waals surface area contributed by atoms with E-state index in [0.29, 0.717) is 28.7 Å². The SMILES string of the molecule is CCOC(=O)c1c(C)[nH]c(C(=O)COC(=O)c2ccc(C=O)cc2)c1C. The maximum atomic E-state index is 12.3. The molecule has 0 bridgehead atoms. The second-order valence-electron chi connectivity index (χ2n) is 5.58. The summed E-state index contributed by atoms with van der Waals surface area (Å²) in [6.07, 6.45) is 0.663. The minimum absolute atomic E-state index is 0.203. The second kappa shape index (κ2) is 8.24. The summed E-state index contributed by atoms with van der Waals surface area (Å²) in [4.78, 5) is 49.7. The molecule has 7 nitrogen and oxygen atoms in total. The van der Waals surface area contributed by atoms with Crippen LogP contribution in [0.3, 0.4) is 0 Å². The number of benzene rings is 1. The van der Waals surface area contributed by atoms with Crippen molar-refractivity contribution in [1.82, 2.24) is 4.98 Å². The van der Waals surface area contributed by atoms with E-state index >= 15 is 0 Å². The molecule has 2 aromatic rings. The molecule has 1 aromatic carbocycles. The van der Waals surface area contributed by atoms with Crippen molar-refractivity contribution < 1.29 is 28.7 Å². The molecule has 0 amide bonds. The van der Waals surface area contributed by atoms with Gasteiger partial charge in [-0.15, -0.1) is 0 Å². The summed E-state index contributed by atoms with van der Waals surface area (Å²) in [5, 5.41) is 0. The van der Waals surface area contributed by atoms with Gasteiger partial charge in [0, 0.05) is 11.3 Å². The van der Waals surface area contributed by atoms with Gasteiger partial charge in [-0.1, -0.05) is 12.1 Å². The molecule has 0 aliphatic carbocycles. The number of aldehydes is 1. The zero-order valence-corrected chi connectivity index (χ0v) is 14.8. The molecule has 1 N–H and O–H groups in total. The Balaban J connectivity index is 2.08. The summed E-state index contributed by atoms with van der Waals surface area (Å²) in [7, 11) is 0. The van der Waals surface area contributed by atoms with Crippen molar-refractivity contribution in [2.75, 3.05) is 13.2 Å². The number of carbonyl (C=O) groups is 4. The Labute approximate surface area is 150 Å². The Morgan fingerprint density at radius 3 is 2.27 bits per heavy atom. The molecule has 0 aliphatic heterocycles. The quantitative estimate of drug-likeness (QED) is 0.464. The van der Waals surface area contributed by atoms with Gasteiger partial charge in [-0.2, -0.15) is 0 Å². The lowest BCUT2D eigenvalue weighted by atomic mass is 10.1. The van der Waals surface area contributed by atoms with E-state index in [1.807, 2.05) is 0 Å². The monoisotopic (exact) mass is 357 g/mol. The number of H-pyrrole nitrogens is 1. The van der Waals surface area contributed by atoms with Crippen LogP contribution < -0.4 is 0 Å². The minimum Gasteiger partial charge on any atom is -0.462 e. The van der Waals surface area contributed by atoms with Gasteiger partial charge >= 0.3 is 11.9 Å². The predicted molar refractivity (Wildman–Crippen MR) is 92.7 cm³/mol. The van der Waals surface area contributed by atoms with Crippen LogP contribution in [0.1, 0.15) is 59.7 Å². The van der Waals surface area contributed by atoms with E-state index < -0.39 is 24.3 Å². The summed E-state index contributed by atoms with van der Waals surface area (Å²) in [5.41, 5.74) is 2.15. The van der Waals surface area contributed by atoms with Crippen molar-refractivity contribution in [1.29, 1.82) is 0 Å². The molecule has 1 aromatic heterocycles. The molecule has 136 valence electrons. The molecule has 2 rings (SSSR count). The van der Waals surface area contributed by atoms with Crippen LogP contribution in [0.5, 0.6) is 0 Å². The number of carbonyl (C=O) groups excluding carboxylic acids is 4. The molecule has 0 saturated heterocycles. The van der Waals surface area contributed by atoms with Crippen LogP contribution in [0.15, 0.2) is 24.3 Å². The van der Waals surface area contributed by atoms with Gasteiger partial charge in [0.25, 0.3) is 0 Å². The number of aromatic nitrogens is 1. The summed E-state index contributed by atoms with van der Waals surface area (Å²) in [5.74, 6) is -1.65. The number of esters is 2. The Kier molecular flexibility index (Phi) is 6.06. The fraction of sp³-hybridized carbons (Fsp3) is 0.263. The normalized spacial score (nSPS) is 10.3. The fourth-order valence-corrected chi connectivity index (χ4v) is 2.52. The summed E-state index contributed by atoms with van der Waals surface area (Å²) in [6.45, 7) is 4.74. The van der Waals surface area contributed by atoms with Crippen LogP contribution in [0.2, 0.25) is 0 Å². The van der Waals surface area contributed by atoms with E-state index in [-0.39, 0.29) is 17.9 Å². The van der Waals surface area contributed by atoms with Gasteiger partial charge in [-0.25, -0.2) is 9.59 Å². The Morgan fingerprint density at radius 1 is 1.04 bits per heavy atom. The van der Waals surface area contributed by atoms with Crippen LogP contribution in [-0.2, 0) is 9.47 Å². The molecule has 0 unspecified atom stereocenters. The highest BCUT2D eigenvalue weighted by molar-refractivity contribution is 6.03. The average Bonchev–Trinajstić information content (AvgIpc) is 2.94. The van der Waals surface area contributed by atoms with Gasteiger partial charge in [-0.05, 0) is 38.5 Å². The average molecular weight is 357 g/mol. The maximum absolute atomic E-state index is 12.3. The molecule has 0 atom stereocenters. The van der Waals surface area contributed by atoms with Crippen molar-refractivity contribution in [2.24, 2.45) is 0 Å². The molecule has 7 heteroatoms. The zero-order chi connectivity index (χ0) is 19.3. The first-order valence-corrected chi connectivity index (χ1v) is 8.00. The number of ether oxygens (including phenoxy) is 2. The molecule has 0 aliphatic rings. The van der Waals surface area contributed by atoms with Gasteiger partial charge in [0.1, 0.15) is 6.29 Å². The highest BCUT2D eigenvalue weighted by atomic mass is 16.5. The smallest absolute Gasteiger partial charge is 0.340 e. The summed E-state index contributed by atoms with van der Waals surface area (Å²) in [6, 6.07) is 5.85. The van der Waals surface area contributed by atoms with Gasteiger partial charge in [-0.3, -0.25) is 9.59 Å². The fourth-order valence-electron chi connectivity index (χ4n) is 2.52. The van der Waals surface area contributed by atoms with E-state index in [0.717, 1.165) is 0 Å². The number of aryl methyl sites for hydroxylation is 1. The molecule has 1 heterocycles. The highest BCUT2D eigenvalue weighted by Gasteiger charge is 2.23. The van der Waals surface area contributed by atoms with Crippen molar-refractivity contribution in [3.05, 3.63) is 57.9 Å². The molecular weight excluding hydrogens is 338 g/mol. The van der Waals surface area contributed by atoms with Crippen molar-refractivity contribution in [3.63, 3.8) is 0 Å². The van der Waals surface area contributed by atoms with Gasteiger partial charge < -0.3 is 14.5 Å². The summed E-state index contributed by atoms with van der Waals surface area (Å²) >= 11 is 0. The van der Waals surface area contributed by atoms with Gasteiger partial charge in [0.05, 0.1) is 23.4 Å². The molecule has 0 spiro atoms. The number of aromatic amines is 1. The number of ketones is 1. The lowest BCUT2D eigenvalue weighted by Crippen LogP contribution is -2.15. The molecular formula is C19H19NO6. The third kappa shape index (κ3) is 4.05. The number of rotatable bonds is 7. The van der Waals surface area contributed by atoms with Crippen molar-refractivity contribution in [3.8, 4) is 0 Å². The number of nitrogens with one attached hydrogen (secondary N) is 1. The number of Topliss-reactive ketones (excluding diaryl/α,β-unsaturated/α-hetero) is 1. The van der Waals surface area contributed by atoms with E-state index in [1.54, 1.807) is 20.8 Å². The first-order valence-electron chi connectivity index (χ1n) is 8.00. The Morgan fingerprint density at radius 2 is 1.69 bits per heavy atom. The largest absolute Gasteiger partial charge is 0.462 e. The number of hydrogen-bond donors (Lipinski definition) is 1. The van der Waals surface area contributed by atoms with Crippen LogP contribution in [0.4, 0.5) is 0 Å². The highest BCUT2D eigenvalue weighted by Crippen LogP contribution is 2.19. The van der Waals surface area contributed by atoms with Crippen LogP contribution >= 0.6 is 0 Å². The third-order valence-electron chi connectivity index (χ3n) is 3.81. The third-order valence-corrected chi connectivity index (χ3v) is 3.81. The first kappa shape index (κ1) is 19.1. The molecule has 0 fully saturated rings. The summed E-state index contributed by atoms with van der Waals surface area (Å²) < 4.78 is 9.99. The number of hydrogen-bond acceptors (Lipinski definition) is 6. The zero-order valence-electron chi connectivity index (χ0n) is 14.8. The van der Waals surface area contributed by atoms with Crippen LogP contribution in [0.25, 0.3) is 0 Å². The second-order valence-corrected chi connectivity index (χ2v) is 5.58. The standard InChI is InChI=1S/C19H19NO6/c1-4-25-19(24)16-11(2)17(20-12(16)3)15(22)10-26-18(23)14-7-5-13(9-21)6-8-14/h5-9,20H,4,10H2,1-3H3. The Hall–Kier alpha value is -3.22. The molecule has 26 heavy (non-hydrogen) atoms. The maximum Gasteiger partial charge on any atom is 0.340 e. The van der Waals surface area contributed by atoms with Gasteiger partial charge in [0.15, 0.2) is 6.61 Å².